The van der Waals surface area contributed by atoms with Crippen molar-refractivity contribution >= 4 is 11.8 Å². The van der Waals surface area contributed by atoms with E-state index in [1.807, 2.05) is 0 Å². The molecule has 100 valence electrons. The summed E-state index contributed by atoms with van der Waals surface area (Å²) in [7, 11) is 0. The van der Waals surface area contributed by atoms with Crippen molar-refractivity contribution in [2.24, 2.45) is 11.7 Å². The number of nitrogens with one attached hydrogen (secondary N) is 2. The Morgan fingerprint density at radius 1 is 1.18 bits per heavy atom. The predicted molar refractivity (Wildman–Crippen MR) is 68.4 cm³/mol. The van der Waals surface area contributed by atoms with E-state index in [2.05, 4.69) is 24.5 Å². The van der Waals surface area contributed by atoms with Crippen LogP contribution in [-0.4, -0.2) is 31.4 Å². The van der Waals surface area contributed by atoms with E-state index in [0.29, 0.717) is 25.6 Å². The molecule has 0 saturated carbocycles. The van der Waals surface area contributed by atoms with Gasteiger partial charge in [-0.05, 0) is 12.3 Å². The van der Waals surface area contributed by atoms with Gasteiger partial charge in [0.25, 0.3) is 0 Å². The minimum Gasteiger partial charge on any atom is -0.348 e. The maximum absolute atomic E-state index is 11.4. The summed E-state index contributed by atoms with van der Waals surface area (Å²) in [5.74, 6) is -0.699. The Hall–Kier alpha value is -1.10. The number of hydrogen-bond donors (Lipinski definition) is 3. The molecule has 0 radical (unpaired) electrons. The zero-order valence-electron chi connectivity index (χ0n) is 10.9. The Morgan fingerprint density at radius 3 is 2.35 bits per heavy atom. The van der Waals surface area contributed by atoms with Gasteiger partial charge in [-0.3, -0.25) is 9.59 Å². The van der Waals surface area contributed by atoms with Gasteiger partial charge in [0.1, 0.15) is 0 Å². The highest BCUT2D eigenvalue weighted by Gasteiger charge is 2.14. The van der Waals surface area contributed by atoms with Gasteiger partial charge >= 0.3 is 11.8 Å². The van der Waals surface area contributed by atoms with Gasteiger partial charge in [-0.15, -0.1) is 0 Å². The lowest BCUT2D eigenvalue weighted by molar-refractivity contribution is -0.139. The molecule has 17 heavy (non-hydrogen) atoms. The molecule has 0 fully saturated rings. The van der Waals surface area contributed by atoms with Gasteiger partial charge in [0.05, 0.1) is 0 Å². The van der Waals surface area contributed by atoms with Crippen LogP contribution in [0.15, 0.2) is 0 Å². The molecule has 0 saturated heterocycles. The Kier molecular flexibility index (Phi) is 9.43. The number of carbonyl (C=O) groups excluding carboxylic acids is 2. The van der Waals surface area contributed by atoms with E-state index in [4.69, 9.17) is 5.73 Å². The summed E-state index contributed by atoms with van der Waals surface area (Å²) in [5, 5.41) is 5.10. The summed E-state index contributed by atoms with van der Waals surface area (Å²) in [4.78, 5) is 22.6. The molecular weight excluding hydrogens is 218 g/mol. The van der Waals surface area contributed by atoms with Crippen LogP contribution in [0.3, 0.4) is 0 Å². The third-order valence-corrected chi connectivity index (χ3v) is 2.73. The van der Waals surface area contributed by atoms with Gasteiger partial charge in [-0.1, -0.05) is 33.1 Å². The minimum atomic E-state index is -0.596. The third kappa shape index (κ3) is 7.74. The number of carbonyl (C=O) groups is 2. The Bertz CT molecular complexity index is 232. The van der Waals surface area contributed by atoms with Crippen molar-refractivity contribution in [3.05, 3.63) is 0 Å². The molecule has 0 aliphatic rings. The average molecular weight is 243 g/mol. The number of rotatable bonds is 8. The summed E-state index contributed by atoms with van der Waals surface area (Å²) in [6.07, 6.45) is 4.43. The predicted octanol–water partition coefficient (Wildman–Crippen LogP) is 0.394. The SMILES string of the molecule is CCCCC(CC)CNC(=O)C(=O)NCCN. The van der Waals surface area contributed by atoms with E-state index < -0.39 is 11.8 Å². The van der Waals surface area contributed by atoms with Crippen molar-refractivity contribution in [3.63, 3.8) is 0 Å². The molecule has 4 N–H and O–H groups in total. The number of hydrogen-bond acceptors (Lipinski definition) is 3. The fraction of sp³-hybridized carbons (Fsp3) is 0.833. The highest BCUT2D eigenvalue weighted by Crippen LogP contribution is 2.10. The lowest BCUT2D eigenvalue weighted by Gasteiger charge is -2.14. The molecule has 1 unspecified atom stereocenters. The van der Waals surface area contributed by atoms with E-state index in [-0.39, 0.29) is 0 Å². The molecule has 0 bridgehead atoms. The largest absolute Gasteiger partial charge is 0.348 e. The van der Waals surface area contributed by atoms with Crippen LogP contribution in [0.4, 0.5) is 0 Å². The second-order valence-corrected chi connectivity index (χ2v) is 4.17. The van der Waals surface area contributed by atoms with E-state index in [9.17, 15) is 9.59 Å². The number of amides is 2. The molecule has 0 aliphatic carbocycles. The van der Waals surface area contributed by atoms with E-state index in [1.165, 1.54) is 0 Å². The zero-order valence-corrected chi connectivity index (χ0v) is 10.9. The molecule has 0 rings (SSSR count). The molecule has 0 aromatic carbocycles. The summed E-state index contributed by atoms with van der Waals surface area (Å²) >= 11 is 0. The fourth-order valence-electron chi connectivity index (χ4n) is 1.53. The van der Waals surface area contributed by atoms with Gasteiger partial charge in [-0.25, -0.2) is 0 Å². The van der Waals surface area contributed by atoms with Gasteiger partial charge < -0.3 is 16.4 Å². The van der Waals surface area contributed by atoms with Crippen LogP contribution < -0.4 is 16.4 Å². The van der Waals surface area contributed by atoms with Crippen LogP contribution in [-0.2, 0) is 9.59 Å². The van der Waals surface area contributed by atoms with Gasteiger partial charge in [0, 0.05) is 19.6 Å². The van der Waals surface area contributed by atoms with Gasteiger partial charge in [-0.2, -0.15) is 0 Å². The molecule has 0 spiro atoms. The van der Waals surface area contributed by atoms with Crippen LogP contribution in [0.2, 0.25) is 0 Å². The third-order valence-electron chi connectivity index (χ3n) is 2.73. The molecule has 0 aromatic heterocycles. The lowest BCUT2D eigenvalue weighted by atomic mass is 9.99. The molecule has 1 atom stereocenters. The molecule has 2 amide bonds. The van der Waals surface area contributed by atoms with Gasteiger partial charge in [0.15, 0.2) is 0 Å². The van der Waals surface area contributed by atoms with Crippen LogP contribution in [0, 0.1) is 5.92 Å². The first-order valence-electron chi connectivity index (χ1n) is 6.41. The first-order chi connectivity index (χ1) is 8.15. The lowest BCUT2D eigenvalue weighted by Crippen LogP contribution is -2.43. The maximum Gasteiger partial charge on any atom is 0.309 e. The zero-order chi connectivity index (χ0) is 13.1. The van der Waals surface area contributed by atoms with E-state index in [1.54, 1.807) is 0 Å². The summed E-state index contributed by atoms with van der Waals surface area (Å²) in [5.41, 5.74) is 5.23. The molecule has 5 heteroatoms. The highest BCUT2D eigenvalue weighted by atomic mass is 16.2. The average Bonchev–Trinajstić information content (AvgIpc) is 2.35. The van der Waals surface area contributed by atoms with Crippen molar-refractivity contribution in [2.45, 2.75) is 39.5 Å². The molecule has 5 nitrogen and oxygen atoms in total. The van der Waals surface area contributed by atoms with Crippen LogP contribution in [0.25, 0.3) is 0 Å². The normalized spacial score (nSPS) is 11.9. The molecule has 0 aliphatic heterocycles. The molecular formula is C12H25N3O2. The second-order valence-electron chi connectivity index (χ2n) is 4.17. The summed E-state index contributed by atoms with van der Waals surface area (Å²) < 4.78 is 0. The van der Waals surface area contributed by atoms with Gasteiger partial charge in [0.2, 0.25) is 0 Å². The number of unbranched alkanes of at least 4 members (excludes halogenated alkanes) is 1. The first kappa shape index (κ1) is 15.9. The second kappa shape index (κ2) is 10.1. The van der Waals surface area contributed by atoms with Crippen molar-refractivity contribution in [2.75, 3.05) is 19.6 Å². The van der Waals surface area contributed by atoms with Crippen molar-refractivity contribution in [1.82, 2.24) is 10.6 Å². The monoisotopic (exact) mass is 243 g/mol. The Balaban J connectivity index is 3.83. The smallest absolute Gasteiger partial charge is 0.309 e. The van der Waals surface area contributed by atoms with E-state index in [0.717, 1.165) is 25.7 Å². The topological polar surface area (TPSA) is 84.2 Å². The molecule has 0 heterocycles. The van der Waals surface area contributed by atoms with Crippen molar-refractivity contribution in [1.29, 1.82) is 0 Å². The van der Waals surface area contributed by atoms with Crippen molar-refractivity contribution in [3.8, 4) is 0 Å². The first-order valence-corrected chi connectivity index (χ1v) is 6.41. The van der Waals surface area contributed by atoms with E-state index >= 15 is 0 Å². The summed E-state index contributed by atoms with van der Waals surface area (Å²) in [6, 6.07) is 0. The standard InChI is InChI=1S/C12H25N3O2/c1-3-5-6-10(4-2)9-15-12(17)11(16)14-8-7-13/h10H,3-9,13H2,1-2H3,(H,14,16)(H,15,17). The number of nitrogens with two attached hydrogens (primary N) is 1. The quantitative estimate of drug-likeness (QED) is 0.539. The van der Waals surface area contributed by atoms with Crippen LogP contribution >= 0.6 is 0 Å². The summed E-state index contributed by atoms with van der Waals surface area (Å²) in [6.45, 7) is 5.49. The Morgan fingerprint density at radius 2 is 1.82 bits per heavy atom. The maximum atomic E-state index is 11.4. The van der Waals surface area contributed by atoms with Crippen LogP contribution in [0.5, 0.6) is 0 Å². The Labute approximate surface area is 104 Å². The van der Waals surface area contributed by atoms with Crippen LogP contribution in [0.1, 0.15) is 39.5 Å². The fourth-order valence-corrected chi connectivity index (χ4v) is 1.53. The molecule has 0 aromatic rings. The minimum absolute atomic E-state index is 0.333. The van der Waals surface area contributed by atoms with Crippen molar-refractivity contribution < 1.29 is 9.59 Å². The highest BCUT2D eigenvalue weighted by molar-refractivity contribution is 6.35.